The molecule has 15 heteroatoms. The van der Waals surface area contributed by atoms with Gasteiger partial charge in [-0.15, -0.1) is 0 Å². The summed E-state index contributed by atoms with van der Waals surface area (Å²) in [4.78, 5) is 20.1. The van der Waals surface area contributed by atoms with Crippen LogP contribution in [0.2, 0.25) is 0 Å². The molecule has 0 aliphatic rings. The molecule has 0 spiro atoms. The number of halogens is 4. The van der Waals surface area contributed by atoms with Crippen molar-refractivity contribution in [1.29, 1.82) is 5.41 Å². The Morgan fingerprint density at radius 1 is 0.946 bits per heavy atom. The quantitative estimate of drug-likeness (QED) is 0.101. The summed E-state index contributed by atoms with van der Waals surface area (Å²) in [5.74, 6) is -5.15. The molecule has 3 aromatic rings. The van der Waals surface area contributed by atoms with Gasteiger partial charge < -0.3 is 26.4 Å². The van der Waals surface area contributed by atoms with Gasteiger partial charge in [0.15, 0.2) is 5.75 Å². The number of alkyl halides is 3. The second-order valence-corrected chi connectivity index (χ2v) is 8.95. The number of hydrogen-bond donors (Lipinski definition) is 5. The number of nitrogen functional groups attached to an aromatic ring is 2. The molecule has 0 radical (unpaired) electrons. The highest BCUT2D eigenvalue weighted by Crippen LogP contribution is 2.36. The number of amidine groups is 1. The summed E-state index contributed by atoms with van der Waals surface area (Å²) in [5, 5.41) is 24.2. The van der Waals surface area contributed by atoms with Gasteiger partial charge in [-0.05, 0) is 48.5 Å². The minimum Gasteiger partial charge on any atom is -0.478 e. The van der Waals surface area contributed by atoms with Crippen molar-refractivity contribution >= 4 is 33.3 Å². The van der Waals surface area contributed by atoms with Crippen molar-refractivity contribution in [3.8, 4) is 11.5 Å². The van der Waals surface area contributed by atoms with E-state index in [0.717, 1.165) is 36.4 Å². The average molecular weight is 543 g/mol. The molecule has 0 saturated carbocycles. The van der Waals surface area contributed by atoms with Gasteiger partial charge in [-0.1, -0.05) is 12.1 Å². The molecule has 37 heavy (non-hydrogen) atoms. The molecule has 0 saturated heterocycles. The Balaban J connectivity index is 0.000000604. The van der Waals surface area contributed by atoms with Crippen LogP contribution in [0.4, 0.5) is 23.2 Å². The minimum absolute atomic E-state index is 0.158. The topological polar surface area (TPSA) is 194 Å². The van der Waals surface area contributed by atoms with Gasteiger partial charge in [0.2, 0.25) is 9.84 Å². The molecule has 0 aliphatic heterocycles. The number of ether oxygens (including phenoxy) is 1. The van der Waals surface area contributed by atoms with Gasteiger partial charge in [-0.2, -0.15) is 13.2 Å². The van der Waals surface area contributed by atoms with E-state index in [9.17, 15) is 35.9 Å². The first-order chi connectivity index (χ1) is 17.0. The molecule has 0 heterocycles. The monoisotopic (exact) mass is 543 g/mol. The van der Waals surface area contributed by atoms with E-state index in [1.54, 1.807) is 12.1 Å². The Morgan fingerprint density at radius 2 is 1.51 bits per heavy atom. The smallest absolute Gasteiger partial charge is 0.478 e. The number of anilines is 1. The molecule has 10 nitrogen and oxygen atoms in total. The summed E-state index contributed by atoms with van der Waals surface area (Å²) in [5.41, 5.74) is 11.0. The standard InChI is InChI=1S/C20H16FN3O5S.C2HF3O2/c21-12-4-6-14(7-5-12)30(27,28)15-9-16(20(25)26)18(17(22)10-15)29-13-3-1-2-11(8-13)19(23)24;3-2(4,5)1(6)7/h1-10H,22H2,(H3,23,24)(H,25,26);(H,6,7). The maximum absolute atomic E-state index is 13.1. The molecular formula is C22H17F4N3O7S. The minimum atomic E-state index is -5.08. The summed E-state index contributed by atoms with van der Waals surface area (Å²) in [6.45, 7) is 0. The van der Waals surface area contributed by atoms with Gasteiger partial charge in [0.05, 0.1) is 15.5 Å². The van der Waals surface area contributed by atoms with Crippen LogP contribution in [0, 0.1) is 11.2 Å². The van der Waals surface area contributed by atoms with Crippen LogP contribution in [-0.4, -0.2) is 42.6 Å². The fraction of sp³-hybridized carbons (Fsp3) is 0.0455. The molecular weight excluding hydrogens is 526 g/mol. The zero-order valence-corrected chi connectivity index (χ0v) is 19.1. The third-order valence-electron chi connectivity index (χ3n) is 4.36. The maximum atomic E-state index is 13.1. The molecule has 7 N–H and O–H groups in total. The molecule has 0 amide bonds. The van der Waals surface area contributed by atoms with Crippen LogP contribution in [0.3, 0.4) is 0 Å². The third kappa shape index (κ3) is 7.17. The number of hydrogen-bond acceptors (Lipinski definition) is 7. The van der Waals surface area contributed by atoms with Crippen molar-refractivity contribution in [3.05, 3.63) is 77.6 Å². The fourth-order valence-electron chi connectivity index (χ4n) is 2.65. The van der Waals surface area contributed by atoms with E-state index < -0.39 is 39.3 Å². The Labute approximate surface area is 206 Å². The van der Waals surface area contributed by atoms with Crippen molar-refractivity contribution < 1.29 is 50.5 Å². The first-order valence-corrected chi connectivity index (χ1v) is 11.1. The van der Waals surface area contributed by atoms with Crippen LogP contribution < -0.4 is 16.2 Å². The lowest BCUT2D eigenvalue weighted by atomic mass is 10.1. The highest BCUT2D eigenvalue weighted by Gasteiger charge is 2.38. The first kappa shape index (κ1) is 28.6. The van der Waals surface area contributed by atoms with E-state index in [0.29, 0.717) is 5.56 Å². The molecule has 0 fully saturated rings. The first-order valence-electron chi connectivity index (χ1n) is 9.64. The summed E-state index contributed by atoms with van der Waals surface area (Å²) in [6.07, 6.45) is -5.08. The van der Waals surface area contributed by atoms with E-state index in [1.165, 1.54) is 12.1 Å². The maximum Gasteiger partial charge on any atom is 0.490 e. The number of aliphatic carboxylic acids is 1. The fourth-order valence-corrected chi connectivity index (χ4v) is 3.97. The van der Waals surface area contributed by atoms with Gasteiger partial charge in [-0.25, -0.2) is 22.4 Å². The van der Waals surface area contributed by atoms with Gasteiger partial charge in [0.1, 0.15) is 23.0 Å². The van der Waals surface area contributed by atoms with Crippen molar-refractivity contribution in [2.45, 2.75) is 16.0 Å². The van der Waals surface area contributed by atoms with E-state index in [1.807, 2.05) is 0 Å². The van der Waals surface area contributed by atoms with E-state index >= 15 is 0 Å². The van der Waals surface area contributed by atoms with Gasteiger partial charge in [-0.3, -0.25) is 5.41 Å². The molecule has 3 aromatic carbocycles. The third-order valence-corrected chi connectivity index (χ3v) is 6.11. The van der Waals surface area contributed by atoms with Crippen LogP contribution in [0.5, 0.6) is 11.5 Å². The Bertz CT molecular complexity index is 1460. The number of aromatic carboxylic acids is 1. The van der Waals surface area contributed by atoms with Crippen LogP contribution >= 0.6 is 0 Å². The Morgan fingerprint density at radius 3 is 2.00 bits per heavy atom. The summed E-state index contributed by atoms with van der Waals surface area (Å²) in [6, 6.07) is 12.1. The van der Waals surface area contributed by atoms with E-state index in [-0.39, 0.29) is 32.8 Å². The second kappa shape index (κ2) is 10.9. The zero-order chi connectivity index (χ0) is 28.1. The molecule has 0 unspecified atom stereocenters. The van der Waals surface area contributed by atoms with Crippen LogP contribution in [0.25, 0.3) is 0 Å². The number of carbonyl (C=O) groups is 2. The second-order valence-electron chi connectivity index (χ2n) is 7.00. The van der Waals surface area contributed by atoms with E-state index in [2.05, 4.69) is 0 Å². The summed E-state index contributed by atoms with van der Waals surface area (Å²) in [7, 11) is -4.15. The zero-order valence-electron chi connectivity index (χ0n) is 18.3. The number of sulfone groups is 1. The summed E-state index contributed by atoms with van der Waals surface area (Å²) < 4.78 is 76.1. The van der Waals surface area contributed by atoms with Crippen molar-refractivity contribution in [2.75, 3.05) is 5.73 Å². The molecule has 0 aliphatic carbocycles. The lowest BCUT2D eigenvalue weighted by Gasteiger charge is -2.14. The number of nitrogens with one attached hydrogen (secondary N) is 1. The SMILES string of the molecule is N=C(N)c1cccc(Oc2c(N)cc(S(=O)(=O)c3ccc(F)cc3)cc2C(=O)O)c1.O=C(O)C(F)(F)F. The normalized spacial score (nSPS) is 11.1. The number of carboxylic acids is 2. The molecule has 0 atom stereocenters. The largest absolute Gasteiger partial charge is 0.490 e. The molecule has 0 aromatic heterocycles. The number of benzene rings is 3. The Kier molecular flexibility index (Phi) is 8.45. The molecule has 196 valence electrons. The van der Waals surface area contributed by atoms with Crippen molar-refractivity contribution in [1.82, 2.24) is 0 Å². The number of carboxylic acid groups (broad SMARTS) is 2. The van der Waals surface area contributed by atoms with Crippen LogP contribution in [-0.2, 0) is 14.6 Å². The lowest BCUT2D eigenvalue weighted by molar-refractivity contribution is -0.192. The van der Waals surface area contributed by atoms with Gasteiger partial charge >= 0.3 is 18.1 Å². The van der Waals surface area contributed by atoms with Crippen LogP contribution in [0.1, 0.15) is 15.9 Å². The van der Waals surface area contributed by atoms with Gasteiger partial charge in [0, 0.05) is 5.56 Å². The molecule has 0 bridgehead atoms. The summed E-state index contributed by atoms with van der Waals surface area (Å²) >= 11 is 0. The van der Waals surface area contributed by atoms with E-state index in [4.69, 9.17) is 31.5 Å². The highest BCUT2D eigenvalue weighted by molar-refractivity contribution is 7.91. The van der Waals surface area contributed by atoms with Crippen molar-refractivity contribution in [2.24, 2.45) is 5.73 Å². The average Bonchev–Trinajstić information content (AvgIpc) is 2.80. The lowest BCUT2D eigenvalue weighted by Crippen LogP contribution is -2.21. The van der Waals surface area contributed by atoms with Crippen LogP contribution in [0.15, 0.2) is 70.5 Å². The molecule has 3 rings (SSSR count). The number of rotatable bonds is 6. The van der Waals surface area contributed by atoms with Gasteiger partial charge in [0.25, 0.3) is 0 Å². The number of nitrogens with two attached hydrogens (primary N) is 2. The Hall–Kier alpha value is -4.66. The predicted octanol–water partition coefficient (Wildman–Crippen LogP) is 3.65. The predicted molar refractivity (Wildman–Crippen MR) is 121 cm³/mol. The highest BCUT2D eigenvalue weighted by atomic mass is 32.2. The van der Waals surface area contributed by atoms with Crippen molar-refractivity contribution in [3.63, 3.8) is 0 Å².